The number of aromatic nitrogens is 1. The maximum atomic E-state index is 10.8. The van der Waals surface area contributed by atoms with Crippen molar-refractivity contribution in [2.45, 2.75) is 6.61 Å². The molecule has 18 heavy (non-hydrogen) atoms. The van der Waals surface area contributed by atoms with Crippen molar-refractivity contribution in [3.63, 3.8) is 0 Å². The van der Waals surface area contributed by atoms with E-state index < -0.39 is 0 Å². The second-order valence-corrected chi connectivity index (χ2v) is 3.63. The number of carbonyl (C=O) groups excluding carboxylic acids is 2. The highest BCUT2D eigenvalue weighted by Crippen LogP contribution is 2.16. The van der Waals surface area contributed by atoms with E-state index in [1.54, 1.807) is 6.07 Å². The highest BCUT2D eigenvalue weighted by Gasteiger charge is 2.06. The van der Waals surface area contributed by atoms with Crippen LogP contribution in [0.3, 0.4) is 0 Å². The van der Waals surface area contributed by atoms with Crippen LogP contribution in [0.25, 0.3) is 0 Å². The summed E-state index contributed by atoms with van der Waals surface area (Å²) in [6, 6.07) is 12.7. The number of aldehydes is 2. The van der Waals surface area contributed by atoms with Crippen molar-refractivity contribution in [1.82, 2.24) is 4.98 Å². The van der Waals surface area contributed by atoms with Crippen LogP contribution in [0, 0.1) is 0 Å². The summed E-state index contributed by atoms with van der Waals surface area (Å²) in [7, 11) is 0. The van der Waals surface area contributed by atoms with Gasteiger partial charge in [-0.25, -0.2) is 4.98 Å². The van der Waals surface area contributed by atoms with Gasteiger partial charge in [-0.3, -0.25) is 9.59 Å². The van der Waals surface area contributed by atoms with Crippen molar-refractivity contribution in [3.05, 3.63) is 59.4 Å². The number of ether oxygens (including phenoxy) is 1. The lowest BCUT2D eigenvalue weighted by molar-refractivity contribution is 0.111. The van der Waals surface area contributed by atoms with Gasteiger partial charge >= 0.3 is 0 Å². The van der Waals surface area contributed by atoms with Gasteiger partial charge in [-0.05, 0) is 17.7 Å². The highest BCUT2D eigenvalue weighted by molar-refractivity contribution is 5.80. The highest BCUT2D eigenvalue weighted by atomic mass is 16.5. The van der Waals surface area contributed by atoms with E-state index >= 15 is 0 Å². The summed E-state index contributed by atoms with van der Waals surface area (Å²) in [4.78, 5) is 25.3. The molecular weight excluding hydrogens is 230 g/mol. The Balaban J connectivity index is 2.14. The second-order valence-electron chi connectivity index (χ2n) is 3.63. The normalized spacial score (nSPS) is 9.78. The lowest BCUT2D eigenvalue weighted by atomic mass is 10.2. The van der Waals surface area contributed by atoms with E-state index in [1.807, 2.05) is 30.3 Å². The van der Waals surface area contributed by atoms with Gasteiger partial charge in [0.2, 0.25) is 0 Å². The first-order valence-corrected chi connectivity index (χ1v) is 5.41. The molecule has 0 fully saturated rings. The zero-order chi connectivity index (χ0) is 12.8. The molecule has 0 bridgehead atoms. The Morgan fingerprint density at radius 2 is 1.78 bits per heavy atom. The standard InChI is InChI=1S/C14H11NO3/c16-8-12-6-7-14(13(9-17)15-12)18-10-11-4-2-1-3-5-11/h1-9H,10H2. The van der Waals surface area contributed by atoms with E-state index in [0.29, 0.717) is 24.9 Å². The van der Waals surface area contributed by atoms with Crippen LogP contribution < -0.4 is 4.74 Å². The Labute approximate surface area is 104 Å². The van der Waals surface area contributed by atoms with E-state index in [1.165, 1.54) is 6.07 Å². The fourth-order valence-corrected chi connectivity index (χ4v) is 1.49. The SMILES string of the molecule is O=Cc1ccc(OCc2ccccc2)c(C=O)n1. The third-order valence-electron chi connectivity index (χ3n) is 2.38. The number of carbonyl (C=O) groups is 2. The molecule has 2 aromatic rings. The quantitative estimate of drug-likeness (QED) is 0.753. The van der Waals surface area contributed by atoms with Gasteiger partial charge in [0.1, 0.15) is 23.7 Å². The van der Waals surface area contributed by atoms with E-state index in [4.69, 9.17) is 4.74 Å². The molecule has 0 saturated heterocycles. The van der Waals surface area contributed by atoms with Crippen molar-refractivity contribution >= 4 is 12.6 Å². The summed E-state index contributed by atoms with van der Waals surface area (Å²) in [5, 5.41) is 0. The van der Waals surface area contributed by atoms with Gasteiger partial charge in [0, 0.05) is 0 Å². The molecule has 0 radical (unpaired) electrons. The molecule has 4 heteroatoms. The number of hydrogen-bond donors (Lipinski definition) is 0. The number of nitrogens with zero attached hydrogens (tertiary/aromatic N) is 1. The zero-order valence-corrected chi connectivity index (χ0v) is 9.58. The van der Waals surface area contributed by atoms with Gasteiger partial charge in [0.15, 0.2) is 12.6 Å². The molecule has 0 aliphatic heterocycles. The number of pyridine rings is 1. The summed E-state index contributed by atoms with van der Waals surface area (Å²) in [5.41, 5.74) is 1.34. The maximum absolute atomic E-state index is 10.8. The predicted molar refractivity (Wildman–Crippen MR) is 65.8 cm³/mol. The monoisotopic (exact) mass is 241 g/mol. The van der Waals surface area contributed by atoms with Gasteiger partial charge in [-0.1, -0.05) is 30.3 Å². The van der Waals surface area contributed by atoms with Gasteiger partial charge < -0.3 is 4.74 Å². The summed E-state index contributed by atoms with van der Waals surface area (Å²) < 4.78 is 5.50. The van der Waals surface area contributed by atoms with Crippen LogP contribution in [0.1, 0.15) is 26.5 Å². The third-order valence-corrected chi connectivity index (χ3v) is 2.38. The fraction of sp³-hybridized carbons (Fsp3) is 0.0714. The van der Waals surface area contributed by atoms with Crippen molar-refractivity contribution in [2.75, 3.05) is 0 Å². The van der Waals surface area contributed by atoms with Gasteiger partial charge in [0.05, 0.1) is 0 Å². The van der Waals surface area contributed by atoms with Crippen LogP contribution in [-0.2, 0) is 6.61 Å². The lowest BCUT2D eigenvalue weighted by Crippen LogP contribution is -2.01. The molecule has 1 heterocycles. The lowest BCUT2D eigenvalue weighted by Gasteiger charge is -2.07. The summed E-state index contributed by atoms with van der Waals surface area (Å²) in [5.74, 6) is 0.374. The second kappa shape index (κ2) is 5.72. The molecule has 0 atom stereocenters. The Morgan fingerprint density at radius 1 is 1.00 bits per heavy atom. The third kappa shape index (κ3) is 2.79. The van der Waals surface area contributed by atoms with Crippen molar-refractivity contribution in [1.29, 1.82) is 0 Å². The average molecular weight is 241 g/mol. The molecule has 1 aromatic carbocycles. The van der Waals surface area contributed by atoms with Crippen LogP contribution >= 0.6 is 0 Å². The Hall–Kier alpha value is -2.49. The van der Waals surface area contributed by atoms with Gasteiger partial charge in [0.25, 0.3) is 0 Å². The van der Waals surface area contributed by atoms with Crippen molar-refractivity contribution in [2.24, 2.45) is 0 Å². The molecular formula is C14H11NO3. The van der Waals surface area contributed by atoms with E-state index in [2.05, 4.69) is 4.98 Å². The summed E-state index contributed by atoms with van der Waals surface area (Å²) in [6.45, 7) is 0.351. The average Bonchev–Trinajstić information content (AvgIpc) is 2.46. The maximum Gasteiger partial charge on any atom is 0.172 e. The van der Waals surface area contributed by atoms with Crippen LogP contribution in [0.4, 0.5) is 0 Å². The Kier molecular flexibility index (Phi) is 3.81. The number of hydrogen-bond acceptors (Lipinski definition) is 4. The van der Waals surface area contributed by atoms with E-state index in [0.717, 1.165) is 5.56 Å². The molecule has 90 valence electrons. The topological polar surface area (TPSA) is 56.3 Å². The summed E-state index contributed by atoms with van der Waals surface area (Å²) >= 11 is 0. The van der Waals surface area contributed by atoms with E-state index in [9.17, 15) is 9.59 Å². The Morgan fingerprint density at radius 3 is 2.44 bits per heavy atom. The minimum atomic E-state index is 0.135. The molecule has 0 unspecified atom stereocenters. The van der Waals surface area contributed by atoms with Crippen molar-refractivity contribution in [3.8, 4) is 5.75 Å². The fourth-order valence-electron chi connectivity index (χ4n) is 1.49. The molecule has 4 nitrogen and oxygen atoms in total. The van der Waals surface area contributed by atoms with Crippen LogP contribution in [0.15, 0.2) is 42.5 Å². The first-order chi connectivity index (χ1) is 8.83. The molecule has 2 rings (SSSR count). The first kappa shape index (κ1) is 12.0. The van der Waals surface area contributed by atoms with Gasteiger partial charge in [-0.2, -0.15) is 0 Å². The molecule has 0 aliphatic rings. The largest absolute Gasteiger partial charge is 0.487 e. The van der Waals surface area contributed by atoms with Gasteiger partial charge in [-0.15, -0.1) is 0 Å². The first-order valence-electron chi connectivity index (χ1n) is 5.41. The smallest absolute Gasteiger partial charge is 0.172 e. The minimum absolute atomic E-state index is 0.135. The molecule has 0 N–H and O–H groups in total. The predicted octanol–water partition coefficient (Wildman–Crippen LogP) is 2.29. The number of rotatable bonds is 5. The van der Waals surface area contributed by atoms with E-state index in [-0.39, 0.29) is 11.4 Å². The molecule has 0 amide bonds. The van der Waals surface area contributed by atoms with Crippen LogP contribution in [0.2, 0.25) is 0 Å². The van der Waals surface area contributed by atoms with Crippen LogP contribution in [-0.4, -0.2) is 17.6 Å². The molecule has 0 saturated carbocycles. The molecule has 1 aromatic heterocycles. The Bertz CT molecular complexity index is 552. The summed E-state index contributed by atoms with van der Waals surface area (Å²) in [6.07, 6.45) is 1.17. The van der Waals surface area contributed by atoms with Crippen molar-refractivity contribution < 1.29 is 14.3 Å². The zero-order valence-electron chi connectivity index (χ0n) is 9.58. The van der Waals surface area contributed by atoms with Crippen LogP contribution in [0.5, 0.6) is 5.75 Å². The molecule has 0 spiro atoms. The molecule has 0 aliphatic carbocycles. The minimum Gasteiger partial charge on any atom is -0.487 e. The number of benzene rings is 1.